The molecule has 0 atom stereocenters. The number of rotatable bonds is 10. The summed E-state index contributed by atoms with van der Waals surface area (Å²) in [4.78, 5) is 18.6. The van der Waals surface area contributed by atoms with Gasteiger partial charge in [-0.3, -0.25) is 4.98 Å². The largest absolute Gasteiger partial charge is 0.444 e. The monoisotopic (exact) mass is 399 g/mol. The lowest BCUT2D eigenvalue weighted by Crippen LogP contribution is -2.38. The van der Waals surface area contributed by atoms with E-state index in [0.717, 1.165) is 37.2 Å². The van der Waals surface area contributed by atoms with E-state index in [2.05, 4.69) is 22.4 Å². The van der Waals surface area contributed by atoms with Crippen molar-refractivity contribution in [3.05, 3.63) is 65.5 Å². The maximum Gasteiger partial charge on any atom is 0.410 e. The van der Waals surface area contributed by atoms with Crippen LogP contribution in [0.4, 0.5) is 4.79 Å². The van der Waals surface area contributed by atoms with Crippen LogP contribution in [-0.2, 0) is 24.3 Å². The molecule has 0 radical (unpaired) electrons. The number of amides is 1. The molecule has 0 aliphatic heterocycles. The van der Waals surface area contributed by atoms with Gasteiger partial charge in [-0.25, -0.2) is 4.79 Å². The SMILES string of the molecule is CC(C)(C)OC(=O)N(CCCNCCc1ccccc1)Cc1cc(CO)ccn1. The Kier molecular flexibility index (Phi) is 9.09. The third-order valence-corrected chi connectivity index (χ3v) is 4.28. The molecule has 1 aromatic heterocycles. The molecular formula is C23H33N3O3. The van der Waals surface area contributed by atoms with E-state index in [-0.39, 0.29) is 12.7 Å². The van der Waals surface area contributed by atoms with E-state index in [1.165, 1.54) is 5.56 Å². The van der Waals surface area contributed by atoms with Crippen molar-refractivity contribution in [1.29, 1.82) is 0 Å². The molecule has 29 heavy (non-hydrogen) atoms. The average Bonchev–Trinajstić information content (AvgIpc) is 2.69. The highest BCUT2D eigenvalue weighted by Crippen LogP contribution is 2.13. The molecule has 0 fully saturated rings. The highest BCUT2D eigenvalue weighted by molar-refractivity contribution is 5.68. The Hall–Kier alpha value is -2.44. The van der Waals surface area contributed by atoms with Crippen molar-refractivity contribution in [1.82, 2.24) is 15.2 Å². The van der Waals surface area contributed by atoms with Crippen LogP contribution in [0.2, 0.25) is 0 Å². The van der Waals surface area contributed by atoms with E-state index in [1.54, 1.807) is 17.2 Å². The van der Waals surface area contributed by atoms with Gasteiger partial charge in [0.1, 0.15) is 5.60 Å². The van der Waals surface area contributed by atoms with Crippen molar-refractivity contribution < 1.29 is 14.6 Å². The van der Waals surface area contributed by atoms with Gasteiger partial charge in [0.2, 0.25) is 0 Å². The summed E-state index contributed by atoms with van der Waals surface area (Å²) in [6.45, 7) is 8.17. The van der Waals surface area contributed by atoms with Gasteiger partial charge < -0.3 is 20.1 Å². The van der Waals surface area contributed by atoms with Crippen LogP contribution in [0, 0.1) is 0 Å². The van der Waals surface area contributed by atoms with Crippen molar-refractivity contribution >= 4 is 6.09 Å². The van der Waals surface area contributed by atoms with Gasteiger partial charge in [0.25, 0.3) is 0 Å². The van der Waals surface area contributed by atoms with Crippen LogP contribution in [0.3, 0.4) is 0 Å². The summed E-state index contributed by atoms with van der Waals surface area (Å²) in [6, 6.07) is 13.9. The lowest BCUT2D eigenvalue weighted by molar-refractivity contribution is 0.0229. The van der Waals surface area contributed by atoms with E-state index in [1.807, 2.05) is 45.0 Å². The second-order valence-electron chi connectivity index (χ2n) is 8.05. The smallest absolute Gasteiger partial charge is 0.410 e. The molecule has 0 aliphatic rings. The fourth-order valence-electron chi connectivity index (χ4n) is 2.87. The molecule has 6 nitrogen and oxygen atoms in total. The first-order valence-electron chi connectivity index (χ1n) is 10.1. The molecule has 2 N–H and O–H groups in total. The molecule has 0 spiro atoms. The second kappa shape index (κ2) is 11.5. The fourth-order valence-corrected chi connectivity index (χ4v) is 2.87. The molecular weight excluding hydrogens is 366 g/mol. The van der Waals surface area contributed by atoms with Crippen LogP contribution >= 0.6 is 0 Å². The van der Waals surface area contributed by atoms with E-state index < -0.39 is 5.60 Å². The Morgan fingerprint density at radius 2 is 1.90 bits per heavy atom. The van der Waals surface area contributed by atoms with Crippen LogP contribution in [0.15, 0.2) is 48.7 Å². The summed E-state index contributed by atoms with van der Waals surface area (Å²) in [7, 11) is 0. The minimum absolute atomic E-state index is 0.0483. The third-order valence-electron chi connectivity index (χ3n) is 4.28. The number of hydrogen-bond acceptors (Lipinski definition) is 5. The molecule has 1 amide bonds. The second-order valence-corrected chi connectivity index (χ2v) is 8.05. The summed E-state index contributed by atoms with van der Waals surface area (Å²) < 4.78 is 5.55. The van der Waals surface area contributed by atoms with Crippen molar-refractivity contribution in [2.45, 2.75) is 52.4 Å². The van der Waals surface area contributed by atoms with Crippen molar-refractivity contribution in [3.8, 4) is 0 Å². The number of nitrogens with one attached hydrogen (secondary N) is 1. The quantitative estimate of drug-likeness (QED) is 0.598. The predicted molar refractivity (Wildman–Crippen MR) is 114 cm³/mol. The maximum atomic E-state index is 12.6. The fraction of sp³-hybridized carbons (Fsp3) is 0.478. The summed E-state index contributed by atoms with van der Waals surface area (Å²) >= 11 is 0. The number of aromatic nitrogens is 1. The van der Waals surface area contributed by atoms with Gasteiger partial charge in [-0.2, -0.15) is 0 Å². The standard InChI is InChI=1S/C23H33N3O3/c1-23(2,3)29-22(28)26(17-21-16-20(18-27)11-14-25-21)15-7-12-24-13-10-19-8-5-4-6-9-19/h4-6,8-9,11,14,16,24,27H,7,10,12-13,15,17-18H2,1-3H3. The molecule has 158 valence electrons. The molecule has 0 aliphatic carbocycles. The Bertz CT molecular complexity index is 745. The minimum Gasteiger partial charge on any atom is -0.444 e. The van der Waals surface area contributed by atoms with Crippen LogP contribution in [0.25, 0.3) is 0 Å². The topological polar surface area (TPSA) is 74.7 Å². The summed E-state index contributed by atoms with van der Waals surface area (Å²) in [5.41, 5.74) is 2.27. The lowest BCUT2D eigenvalue weighted by Gasteiger charge is -2.27. The number of ether oxygens (including phenoxy) is 1. The molecule has 0 unspecified atom stereocenters. The number of hydrogen-bond donors (Lipinski definition) is 2. The van der Waals surface area contributed by atoms with E-state index >= 15 is 0 Å². The molecule has 1 aromatic carbocycles. The van der Waals surface area contributed by atoms with Gasteiger partial charge in [0.15, 0.2) is 0 Å². The number of aliphatic hydroxyl groups excluding tert-OH is 1. The van der Waals surface area contributed by atoms with Crippen molar-refractivity contribution in [2.75, 3.05) is 19.6 Å². The number of benzene rings is 1. The van der Waals surface area contributed by atoms with E-state index in [9.17, 15) is 9.90 Å². The Labute approximate surface area is 173 Å². The lowest BCUT2D eigenvalue weighted by atomic mass is 10.1. The highest BCUT2D eigenvalue weighted by Gasteiger charge is 2.22. The Balaban J connectivity index is 1.84. The number of aliphatic hydroxyl groups is 1. The van der Waals surface area contributed by atoms with Gasteiger partial charge in [-0.05, 0) is 70.0 Å². The zero-order valence-corrected chi connectivity index (χ0v) is 17.7. The molecule has 0 saturated heterocycles. The Morgan fingerprint density at radius 3 is 2.59 bits per heavy atom. The molecule has 0 saturated carbocycles. The number of nitrogens with zero attached hydrogens (tertiary/aromatic N) is 2. The predicted octanol–water partition coefficient (Wildman–Crippen LogP) is 3.53. The minimum atomic E-state index is -0.552. The van der Waals surface area contributed by atoms with E-state index in [0.29, 0.717) is 13.1 Å². The number of carbonyl (C=O) groups is 1. The summed E-state index contributed by atoms with van der Waals surface area (Å²) in [5, 5.41) is 12.8. The third kappa shape index (κ3) is 9.07. The first-order valence-corrected chi connectivity index (χ1v) is 10.1. The van der Waals surface area contributed by atoms with Crippen LogP contribution in [0.5, 0.6) is 0 Å². The van der Waals surface area contributed by atoms with Crippen LogP contribution < -0.4 is 5.32 Å². The first-order chi connectivity index (χ1) is 13.9. The number of carbonyl (C=O) groups excluding carboxylic acids is 1. The number of pyridine rings is 1. The highest BCUT2D eigenvalue weighted by atomic mass is 16.6. The molecule has 6 heteroatoms. The van der Waals surface area contributed by atoms with Gasteiger partial charge >= 0.3 is 6.09 Å². The molecule has 2 aromatic rings. The zero-order valence-electron chi connectivity index (χ0n) is 17.7. The Morgan fingerprint density at radius 1 is 1.14 bits per heavy atom. The van der Waals surface area contributed by atoms with E-state index in [4.69, 9.17) is 4.74 Å². The zero-order chi connectivity index (χ0) is 21.1. The summed E-state index contributed by atoms with van der Waals surface area (Å²) in [5.74, 6) is 0. The van der Waals surface area contributed by atoms with Gasteiger partial charge in [-0.1, -0.05) is 30.3 Å². The average molecular weight is 400 g/mol. The van der Waals surface area contributed by atoms with Crippen LogP contribution in [0.1, 0.15) is 44.0 Å². The normalized spacial score (nSPS) is 11.3. The van der Waals surface area contributed by atoms with Crippen molar-refractivity contribution in [2.24, 2.45) is 0 Å². The maximum absolute atomic E-state index is 12.6. The van der Waals surface area contributed by atoms with Crippen LogP contribution in [-0.4, -0.2) is 46.3 Å². The molecule has 2 rings (SSSR count). The van der Waals surface area contributed by atoms with Gasteiger partial charge in [0.05, 0.1) is 18.8 Å². The summed E-state index contributed by atoms with van der Waals surface area (Å²) in [6.07, 6.45) is 3.10. The first kappa shape index (κ1) is 22.8. The van der Waals surface area contributed by atoms with Gasteiger partial charge in [-0.15, -0.1) is 0 Å². The molecule has 0 bridgehead atoms. The van der Waals surface area contributed by atoms with Crippen molar-refractivity contribution in [3.63, 3.8) is 0 Å². The van der Waals surface area contributed by atoms with Gasteiger partial charge in [0, 0.05) is 12.7 Å². The molecule has 1 heterocycles.